The van der Waals surface area contributed by atoms with Gasteiger partial charge in [-0.2, -0.15) is 0 Å². The van der Waals surface area contributed by atoms with Crippen molar-refractivity contribution in [2.45, 2.75) is 45.1 Å². The Bertz CT molecular complexity index is 458. The molecular weight excluding hydrogens is 328 g/mol. The van der Waals surface area contributed by atoms with E-state index in [1.165, 1.54) is 37.7 Å². The zero-order valence-electron chi connectivity index (χ0n) is 12.7. The van der Waals surface area contributed by atoms with Crippen molar-refractivity contribution in [1.82, 2.24) is 10.6 Å². The molecule has 0 aliphatic heterocycles. The fraction of sp³-hybridized carbons (Fsp3) is 0.588. The molecule has 0 radical (unpaired) electrons. The molecule has 1 saturated carbocycles. The highest BCUT2D eigenvalue weighted by Gasteiger charge is 2.15. The van der Waals surface area contributed by atoms with Crippen LogP contribution in [0.15, 0.2) is 28.7 Å². The number of hydrogen-bond donors (Lipinski definition) is 2. The highest BCUT2D eigenvalue weighted by atomic mass is 79.9. The maximum absolute atomic E-state index is 11.9. The van der Waals surface area contributed by atoms with Gasteiger partial charge < -0.3 is 10.6 Å². The van der Waals surface area contributed by atoms with Crippen molar-refractivity contribution in [2.75, 3.05) is 13.1 Å². The van der Waals surface area contributed by atoms with Gasteiger partial charge in [0.1, 0.15) is 0 Å². The molecule has 1 aliphatic carbocycles. The molecule has 0 saturated heterocycles. The summed E-state index contributed by atoms with van der Waals surface area (Å²) < 4.78 is 1.08. The molecule has 0 bridgehead atoms. The molecule has 1 aromatic rings. The van der Waals surface area contributed by atoms with Crippen molar-refractivity contribution in [1.29, 1.82) is 0 Å². The third-order valence-electron chi connectivity index (χ3n) is 4.25. The summed E-state index contributed by atoms with van der Waals surface area (Å²) in [5.41, 5.74) is 1.18. The molecular formula is C17H25BrN2O. The largest absolute Gasteiger partial charge is 0.355 e. The number of benzene rings is 1. The molecule has 1 atom stereocenters. The van der Waals surface area contributed by atoms with Crippen LogP contribution in [0, 0.1) is 5.92 Å². The van der Waals surface area contributed by atoms with Gasteiger partial charge in [-0.15, -0.1) is 0 Å². The molecule has 1 aromatic carbocycles. The van der Waals surface area contributed by atoms with Crippen molar-refractivity contribution in [3.8, 4) is 0 Å². The lowest BCUT2D eigenvalue weighted by molar-refractivity contribution is -0.120. The van der Waals surface area contributed by atoms with E-state index in [-0.39, 0.29) is 11.9 Å². The Morgan fingerprint density at radius 3 is 2.71 bits per heavy atom. The van der Waals surface area contributed by atoms with Crippen molar-refractivity contribution >= 4 is 21.8 Å². The topological polar surface area (TPSA) is 41.1 Å². The molecule has 1 amide bonds. The second-order valence-electron chi connectivity index (χ2n) is 5.93. The molecule has 0 spiro atoms. The second-order valence-corrected chi connectivity index (χ2v) is 6.79. The van der Waals surface area contributed by atoms with Crippen molar-refractivity contribution < 1.29 is 4.79 Å². The highest BCUT2D eigenvalue weighted by Crippen LogP contribution is 2.23. The van der Waals surface area contributed by atoms with Gasteiger partial charge in [-0.25, -0.2) is 0 Å². The Balaban J connectivity index is 1.69. The number of amides is 1. The standard InChI is InChI=1S/C17H25BrN2O/c1-13(15-9-5-6-10-16(15)18)19-12-17(21)20-11-14-7-3-2-4-8-14/h5-6,9-10,13-14,19H,2-4,7-8,11-12H2,1H3,(H,20,21)/t13-/m1/s1. The van der Waals surface area contributed by atoms with Gasteiger partial charge >= 0.3 is 0 Å². The Morgan fingerprint density at radius 2 is 2.00 bits per heavy atom. The second kappa shape index (κ2) is 8.54. The summed E-state index contributed by atoms with van der Waals surface area (Å²) in [6.07, 6.45) is 6.52. The number of nitrogens with one attached hydrogen (secondary N) is 2. The summed E-state index contributed by atoms with van der Waals surface area (Å²) in [6, 6.07) is 8.26. The molecule has 0 unspecified atom stereocenters. The summed E-state index contributed by atoms with van der Waals surface area (Å²) in [5, 5.41) is 6.35. The van der Waals surface area contributed by atoms with Gasteiger partial charge in [0, 0.05) is 17.1 Å². The quantitative estimate of drug-likeness (QED) is 0.817. The molecule has 2 N–H and O–H groups in total. The number of carbonyl (C=O) groups is 1. The number of carbonyl (C=O) groups excluding carboxylic acids is 1. The molecule has 0 aromatic heterocycles. The minimum absolute atomic E-state index is 0.0967. The third-order valence-corrected chi connectivity index (χ3v) is 4.98. The van der Waals surface area contributed by atoms with Crippen molar-refractivity contribution in [3.05, 3.63) is 34.3 Å². The minimum atomic E-state index is 0.0967. The van der Waals surface area contributed by atoms with E-state index in [1.807, 2.05) is 18.2 Å². The Hall–Kier alpha value is -0.870. The van der Waals surface area contributed by atoms with E-state index in [2.05, 4.69) is 39.6 Å². The molecule has 116 valence electrons. The average Bonchev–Trinajstić information content (AvgIpc) is 2.52. The smallest absolute Gasteiger partial charge is 0.233 e. The Morgan fingerprint density at radius 1 is 1.29 bits per heavy atom. The van der Waals surface area contributed by atoms with Gasteiger partial charge in [0.25, 0.3) is 0 Å². The molecule has 4 heteroatoms. The maximum atomic E-state index is 11.9. The average molecular weight is 353 g/mol. The van der Waals surface area contributed by atoms with Crippen LogP contribution in [0.5, 0.6) is 0 Å². The lowest BCUT2D eigenvalue weighted by Crippen LogP contribution is -2.37. The van der Waals surface area contributed by atoms with E-state index in [4.69, 9.17) is 0 Å². The van der Waals surface area contributed by atoms with E-state index < -0.39 is 0 Å². The molecule has 21 heavy (non-hydrogen) atoms. The van der Waals surface area contributed by atoms with E-state index in [9.17, 15) is 4.79 Å². The van der Waals surface area contributed by atoms with Crippen LogP contribution in [-0.2, 0) is 4.79 Å². The predicted octanol–water partition coefficient (Wildman–Crippen LogP) is 3.80. The molecule has 3 nitrogen and oxygen atoms in total. The number of hydrogen-bond acceptors (Lipinski definition) is 2. The fourth-order valence-corrected chi connectivity index (χ4v) is 3.52. The first-order valence-electron chi connectivity index (χ1n) is 7.91. The van der Waals surface area contributed by atoms with Crippen LogP contribution in [0.4, 0.5) is 0 Å². The van der Waals surface area contributed by atoms with E-state index in [1.54, 1.807) is 0 Å². The number of halogens is 1. The minimum Gasteiger partial charge on any atom is -0.355 e. The summed E-state index contributed by atoms with van der Waals surface area (Å²) in [5.74, 6) is 0.780. The first kappa shape index (κ1) is 16.5. The van der Waals surface area contributed by atoms with Gasteiger partial charge in [-0.05, 0) is 37.3 Å². The van der Waals surface area contributed by atoms with E-state index in [0.29, 0.717) is 12.5 Å². The summed E-state index contributed by atoms with van der Waals surface area (Å²) in [4.78, 5) is 11.9. The van der Waals surface area contributed by atoms with Gasteiger partial charge in [-0.3, -0.25) is 4.79 Å². The number of rotatable bonds is 6. The highest BCUT2D eigenvalue weighted by molar-refractivity contribution is 9.10. The fourth-order valence-electron chi connectivity index (χ4n) is 2.89. The Labute approximate surface area is 136 Å². The van der Waals surface area contributed by atoms with Gasteiger partial charge in [0.15, 0.2) is 0 Å². The first-order valence-corrected chi connectivity index (χ1v) is 8.70. The van der Waals surface area contributed by atoms with Crippen LogP contribution >= 0.6 is 15.9 Å². The van der Waals surface area contributed by atoms with Crippen LogP contribution in [0.3, 0.4) is 0 Å². The monoisotopic (exact) mass is 352 g/mol. The normalized spacial score (nSPS) is 17.4. The van der Waals surface area contributed by atoms with Gasteiger partial charge in [0.05, 0.1) is 6.54 Å². The van der Waals surface area contributed by atoms with Crippen molar-refractivity contribution in [3.63, 3.8) is 0 Å². The Kier molecular flexibility index (Phi) is 6.71. The summed E-state index contributed by atoms with van der Waals surface area (Å²) >= 11 is 3.55. The van der Waals surface area contributed by atoms with Crippen LogP contribution in [0.2, 0.25) is 0 Å². The molecule has 2 rings (SSSR count). The lowest BCUT2D eigenvalue weighted by Gasteiger charge is -2.22. The summed E-state index contributed by atoms with van der Waals surface area (Å²) in [6.45, 7) is 3.29. The third kappa shape index (κ3) is 5.44. The summed E-state index contributed by atoms with van der Waals surface area (Å²) in [7, 11) is 0. The molecule has 1 aliphatic rings. The van der Waals surface area contributed by atoms with E-state index in [0.717, 1.165) is 11.0 Å². The van der Waals surface area contributed by atoms with Crippen LogP contribution in [0.25, 0.3) is 0 Å². The first-order chi connectivity index (χ1) is 10.2. The molecule has 0 heterocycles. The zero-order valence-corrected chi connectivity index (χ0v) is 14.3. The lowest BCUT2D eigenvalue weighted by atomic mass is 9.89. The van der Waals surface area contributed by atoms with Crippen molar-refractivity contribution in [2.24, 2.45) is 5.92 Å². The van der Waals surface area contributed by atoms with Gasteiger partial charge in [0.2, 0.25) is 5.91 Å². The molecule has 1 fully saturated rings. The van der Waals surface area contributed by atoms with Crippen LogP contribution < -0.4 is 10.6 Å². The van der Waals surface area contributed by atoms with Crippen LogP contribution in [-0.4, -0.2) is 19.0 Å². The van der Waals surface area contributed by atoms with E-state index >= 15 is 0 Å². The maximum Gasteiger partial charge on any atom is 0.233 e. The van der Waals surface area contributed by atoms with Crippen LogP contribution in [0.1, 0.15) is 50.6 Å². The van der Waals surface area contributed by atoms with Gasteiger partial charge in [-0.1, -0.05) is 53.4 Å². The zero-order chi connectivity index (χ0) is 15.1. The predicted molar refractivity (Wildman–Crippen MR) is 90.1 cm³/mol. The SMILES string of the molecule is C[C@@H](NCC(=O)NCC1CCCCC1)c1ccccc1Br.